The van der Waals surface area contributed by atoms with Crippen molar-refractivity contribution in [3.8, 4) is 0 Å². The number of nitrogens with two attached hydrogens (primary N) is 1. The standard InChI is InChI=1S/C8H11ClN4O2/c1-5(10)3-11-8-7(9)2-6(4-12-8)13(14)15/h2,4-5H,3,10H2,1H3,(H,11,12). The second-order valence-electron chi connectivity index (χ2n) is 3.14. The minimum Gasteiger partial charge on any atom is -0.367 e. The second kappa shape index (κ2) is 4.90. The fourth-order valence-electron chi connectivity index (χ4n) is 0.915. The van der Waals surface area contributed by atoms with Gasteiger partial charge in [0.05, 0.1) is 9.95 Å². The number of halogens is 1. The van der Waals surface area contributed by atoms with Gasteiger partial charge in [0.1, 0.15) is 12.0 Å². The van der Waals surface area contributed by atoms with E-state index in [0.717, 1.165) is 6.20 Å². The van der Waals surface area contributed by atoms with Crippen molar-refractivity contribution in [1.29, 1.82) is 0 Å². The number of nitrogens with zero attached hydrogens (tertiary/aromatic N) is 2. The maximum atomic E-state index is 10.4. The molecular weight excluding hydrogens is 220 g/mol. The molecule has 0 aliphatic heterocycles. The van der Waals surface area contributed by atoms with E-state index < -0.39 is 4.92 Å². The molecule has 1 unspecified atom stereocenters. The van der Waals surface area contributed by atoms with Crippen molar-refractivity contribution in [2.75, 3.05) is 11.9 Å². The van der Waals surface area contributed by atoms with Gasteiger partial charge in [0.15, 0.2) is 0 Å². The molecule has 1 aromatic heterocycles. The summed E-state index contributed by atoms with van der Waals surface area (Å²) in [5.41, 5.74) is 5.39. The van der Waals surface area contributed by atoms with Gasteiger partial charge >= 0.3 is 0 Å². The van der Waals surface area contributed by atoms with Crippen molar-refractivity contribution < 1.29 is 4.92 Å². The van der Waals surface area contributed by atoms with Crippen molar-refractivity contribution in [2.45, 2.75) is 13.0 Å². The van der Waals surface area contributed by atoms with Gasteiger partial charge in [-0.2, -0.15) is 0 Å². The monoisotopic (exact) mass is 230 g/mol. The zero-order valence-corrected chi connectivity index (χ0v) is 8.86. The maximum Gasteiger partial charge on any atom is 0.289 e. The molecule has 0 aromatic carbocycles. The van der Waals surface area contributed by atoms with Crippen molar-refractivity contribution in [3.05, 3.63) is 27.4 Å². The highest BCUT2D eigenvalue weighted by molar-refractivity contribution is 6.33. The van der Waals surface area contributed by atoms with E-state index in [4.69, 9.17) is 17.3 Å². The molecule has 0 aliphatic carbocycles. The minimum atomic E-state index is -0.547. The molecule has 0 saturated carbocycles. The number of hydrogen-bond donors (Lipinski definition) is 2. The van der Waals surface area contributed by atoms with Crippen LogP contribution in [0.1, 0.15) is 6.92 Å². The fourth-order valence-corrected chi connectivity index (χ4v) is 1.14. The summed E-state index contributed by atoms with van der Waals surface area (Å²) < 4.78 is 0. The molecule has 0 bridgehead atoms. The van der Waals surface area contributed by atoms with E-state index in [1.54, 1.807) is 0 Å². The Balaban J connectivity index is 2.79. The lowest BCUT2D eigenvalue weighted by Gasteiger charge is -2.08. The zero-order valence-electron chi connectivity index (χ0n) is 8.11. The van der Waals surface area contributed by atoms with Crippen LogP contribution in [-0.2, 0) is 0 Å². The lowest BCUT2D eigenvalue weighted by atomic mass is 10.3. The largest absolute Gasteiger partial charge is 0.367 e. The summed E-state index contributed by atoms with van der Waals surface area (Å²) in [5, 5.41) is 13.5. The summed E-state index contributed by atoms with van der Waals surface area (Å²) >= 11 is 5.79. The number of pyridine rings is 1. The molecule has 0 amide bonds. The Labute approximate surface area is 91.6 Å². The van der Waals surface area contributed by atoms with E-state index in [9.17, 15) is 10.1 Å². The van der Waals surface area contributed by atoms with Crippen LogP contribution in [0.15, 0.2) is 12.3 Å². The molecule has 1 aromatic rings. The summed E-state index contributed by atoms with van der Waals surface area (Å²) in [4.78, 5) is 13.7. The molecule has 3 N–H and O–H groups in total. The first kappa shape index (κ1) is 11.7. The first-order valence-electron chi connectivity index (χ1n) is 4.30. The van der Waals surface area contributed by atoms with E-state index >= 15 is 0 Å². The van der Waals surface area contributed by atoms with Gasteiger partial charge in [-0.1, -0.05) is 11.6 Å². The molecule has 0 radical (unpaired) electrons. The Morgan fingerprint density at radius 3 is 2.93 bits per heavy atom. The van der Waals surface area contributed by atoms with E-state index in [-0.39, 0.29) is 16.8 Å². The molecule has 0 saturated heterocycles. The summed E-state index contributed by atoms with van der Waals surface area (Å²) in [6.45, 7) is 2.33. The van der Waals surface area contributed by atoms with Gasteiger partial charge in [-0.05, 0) is 6.92 Å². The second-order valence-corrected chi connectivity index (χ2v) is 3.55. The Morgan fingerprint density at radius 1 is 1.80 bits per heavy atom. The van der Waals surface area contributed by atoms with Gasteiger partial charge in [-0.15, -0.1) is 0 Å². The fraction of sp³-hybridized carbons (Fsp3) is 0.375. The molecule has 0 fully saturated rings. The number of nitro groups is 1. The number of anilines is 1. The molecule has 0 spiro atoms. The van der Waals surface area contributed by atoms with Gasteiger partial charge in [0.2, 0.25) is 0 Å². The van der Waals surface area contributed by atoms with Gasteiger partial charge in [0.25, 0.3) is 5.69 Å². The van der Waals surface area contributed by atoms with Gasteiger partial charge in [0, 0.05) is 18.7 Å². The average Bonchev–Trinajstić information content (AvgIpc) is 2.15. The topological polar surface area (TPSA) is 94.1 Å². The minimum absolute atomic E-state index is 0.0435. The van der Waals surface area contributed by atoms with Crippen LogP contribution in [0.3, 0.4) is 0 Å². The Kier molecular flexibility index (Phi) is 3.81. The van der Waals surface area contributed by atoms with Crippen LogP contribution in [0.25, 0.3) is 0 Å². The SMILES string of the molecule is CC(N)CNc1ncc([N+](=O)[O-])cc1Cl. The summed E-state index contributed by atoms with van der Waals surface area (Å²) in [6, 6.07) is 1.20. The predicted molar refractivity (Wildman–Crippen MR) is 58.0 cm³/mol. The Hall–Kier alpha value is -1.40. The van der Waals surface area contributed by atoms with Crippen molar-refractivity contribution in [2.24, 2.45) is 5.73 Å². The van der Waals surface area contributed by atoms with Gasteiger partial charge < -0.3 is 11.1 Å². The van der Waals surface area contributed by atoms with Crippen LogP contribution in [0.5, 0.6) is 0 Å². The quantitative estimate of drug-likeness (QED) is 0.602. The van der Waals surface area contributed by atoms with E-state index in [1.807, 2.05) is 6.92 Å². The lowest BCUT2D eigenvalue weighted by Crippen LogP contribution is -2.25. The van der Waals surface area contributed by atoms with Crippen LogP contribution in [0.4, 0.5) is 11.5 Å². The number of nitrogens with one attached hydrogen (secondary N) is 1. The maximum absolute atomic E-state index is 10.4. The predicted octanol–water partition coefficient (Wildman–Crippen LogP) is 1.40. The number of hydrogen-bond acceptors (Lipinski definition) is 5. The molecule has 1 rings (SSSR count). The third-order valence-electron chi connectivity index (χ3n) is 1.63. The third-order valence-corrected chi connectivity index (χ3v) is 1.92. The third kappa shape index (κ3) is 3.34. The average molecular weight is 231 g/mol. The van der Waals surface area contributed by atoms with Crippen LogP contribution >= 0.6 is 11.6 Å². The molecule has 6 nitrogen and oxygen atoms in total. The first-order valence-corrected chi connectivity index (χ1v) is 4.68. The molecule has 0 aliphatic rings. The van der Waals surface area contributed by atoms with E-state index in [1.165, 1.54) is 6.07 Å². The molecule has 82 valence electrons. The van der Waals surface area contributed by atoms with E-state index in [2.05, 4.69) is 10.3 Å². The highest BCUT2D eigenvalue weighted by Gasteiger charge is 2.10. The Bertz CT molecular complexity index is 370. The molecule has 7 heteroatoms. The van der Waals surface area contributed by atoms with Crippen LogP contribution in [0.2, 0.25) is 5.02 Å². The molecule has 1 heterocycles. The highest BCUT2D eigenvalue weighted by Crippen LogP contribution is 2.23. The first-order chi connectivity index (χ1) is 7.00. The number of rotatable bonds is 4. The van der Waals surface area contributed by atoms with Gasteiger partial charge in [-0.25, -0.2) is 4.98 Å². The summed E-state index contributed by atoms with van der Waals surface area (Å²) in [7, 11) is 0. The summed E-state index contributed by atoms with van der Waals surface area (Å²) in [5.74, 6) is 0.402. The molecule has 1 atom stereocenters. The molecule has 15 heavy (non-hydrogen) atoms. The van der Waals surface area contributed by atoms with Crippen molar-refractivity contribution in [1.82, 2.24) is 4.98 Å². The van der Waals surface area contributed by atoms with Crippen molar-refractivity contribution >= 4 is 23.1 Å². The normalized spacial score (nSPS) is 12.2. The highest BCUT2D eigenvalue weighted by atomic mass is 35.5. The van der Waals surface area contributed by atoms with Crippen LogP contribution < -0.4 is 11.1 Å². The Morgan fingerprint density at radius 2 is 2.47 bits per heavy atom. The number of aromatic nitrogens is 1. The van der Waals surface area contributed by atoms with Gasteiger partial charge in [-0.3, -0.25) is 10.1 Å². The smallest absolute Gasteiger partial charge is 0.289 e. The lowest BCUT2D eigenvalue weighted by molar-refractivity contribution is -0.385. The van der Waals surface area contributed by atoms with E-state index in [0.29, 0.717) is 12.4 Å². The zero-order chi connectivity index (χ0) is 11.4. The molecular formula is C8H11ClN4O2. The summed E-state index contributed by atoms with van der Waals surface area (Å²) in [6.07, 6.45) is 1.15. The van der Waals surface area contributed by atoms with Crippen LogP contribution in [-0.4, -0.2) is 22.5 Å². The van der Waals surface area contributed by atoms with Crippen LogP contribution in [0, 0.1) is 10.1 Å². The van der Waals surface area contributed by atoms with Crippen molar-refractivity contribution in [3.63, 3.8) is 0 Å².